The number of piperidine rings is 1. The van der Waals surface area contributed by atoms with Crippen molar-refractivity contribution in [3.05, 3.63) is 36.0 Å². The topological polar surface area (TPSA) is 76.3 Å². The Morgan fingerprint density at radius 2 is 1.80 bits per heavy atom. The van der Waals surface area contributed by atoms with E-state index >= 15 is 0 Å². The first kappa shape index (κ1) is 19.4. The van der Waals surface area contributed by atoms with Crippen molar-refractivity contribution < 1.29 is 13.7 Å². The van der Waals surface area contributed by atoms with Gasteiger partial charge in [0.05, 0.1) is 11.1 Å². The maximum atomic E-state index is 13.8. The number of pyridine rings is 1. The fourth-order valence-electron chi connectivity index (χ4n) is 4.41. The summed E-state index contributed by atoms with van der Waals surface area (Å²) in [7, 11) is 0. The molecule has 0 radical (unpaired) electrons. The summed E-state index contributed by atoms with van der Waals surface area (Å²) in [5.74, 6) is 1.53. The lowest BCUT2D eigenvalue weighted by atomic mass is 10.0. The summed E-state index contributed by atoms with van der Waals surface area (Å²) in [4.78, 5) is 11.5. The third-order valence-corrected chi connectivity index (χ3v) is 6.01. The molecule has 4 heterocycles. The Balaban J connectivity index is 1.40. The standard InChI is InChI=1S/C22H26FN5O2/c1-14-24-21(27-30-14)19-13-15-12-16(23)2-3-20(15)26-22(19)28-8-4-17(5-9-28)25-18-6-10-29-11-7-18/h2-3,12-13,17-18,25H,4-11H2,1H3. The number of hydrogen-bond donors (Lipinski definition) is 1. The number of rotatable bonds is 4. The Labute approximate surface area is 174 Å². The molecular formula is C22H26FN5O2. The van der Waals surface area contributed by atoms with E-state index in [4.69, 9.17) is 14.2 Å². The van der Waals surface area contributed by atoms with Gasteiger partial charge in [-0.05, 0) is 49.9 Å². The average molecular weight is 411 g/mol. The van der Waals surface area contributed by atoms with E-state index in [1.807, 2.05) is 6.07 Å². The number of nitrogens with one attached hydrogen (secondary N) is 1. The molecule has 30 heavy (non-hydrogen) atoms. The van der Waals surface area contributed by atoms with Crippen LogP contribution in [0.3, 0.4) is 0 Å². The van der Waals surface area contributed by atoms with Crippen molar-refractivity contribution >= 4 is 16.7 Å². The molecule has 5 rings (SSSR count). The number of ether oxygens (including phenoxy) is 1. The molecular weight excluding hydrogens is 385 g/mol. The van der Waals surface area contributed by atoms with Crippen LogP contribution < -0.4 is 10.2 Å². The second kappa shape index (κ2) is 8.28. The summed E-state index contributed by atoms with van der Waals surface area (Å²) < 4.78 is 24.4. The molecule has 1 N–H and O–H groups in total. The molecule has 0 amide bonds. The van der Waals surface area contributed by atoms with Crippen molar-refractivity contribution in [3.8, 4) is 11.4 Å². The van der Waals surface area contributed by atoms with Gasteiger partial charge in [-0.15, -0.1) is 0 Å². The van der Waals surface area contributed by atoms with Crippen LogP contribution in [0.25, 0.3) is 22.3 Å². The molecule has 1 aromatic carbocycles. The highest BCUT2D eigenvalue weighted by Gasteiger charge is 2.26. The van der Waals surface area contributed by atoms with Crippen LogP contribution in [0, 0.1) is 12.7 Å². The molecule has 2 aliphatic rings. The van der Waals surface area contributed by atoms with Gasteiger partial charge in [0.2, 0.25) is 11.7 Å². The van der Waals surface area contributed by atoms with Crippen LogP contribution in [-0.2, 0) is 4.74 Å². The van der Waals surface area contributed by atoms with Crippen LogP contribution in [0.5, 0.6) is 0 Å². The predicted octanol–water partition coefficient (Wildman–Crippen LogP) is 3.47. The summed E-state index contributed by atoms with van der Waals surface area (Å²) in [6, 6.07) is 7.64. The normalized spacial score (nSPS) is 18.9. The highest BCUT2D eigenvalue weighted by molar-refractivity contribution is 5.88. The molecule has 0 bridgehead atoms. The average Bonchev–Trinajstić information content (AvgIpc) is 3.20. The Kier molecular flexibility index (Phi) is 5.35. The number of aromatic nitrogens is 3. The van der Waals surface area contributed by atoms with E-state index < -0.39 is 0 Å². The molecule has 3 aromatic rings. The van der Waals surface area contributed by atoms with Crippen molar-refractivity contribution in [2.75, 3.05) is 31.2 Å². The molecule has 8 heteroatoms. The number of anilines is 1. The summed E-state index contributed by atoms with van der Waals surface area (Å²) in [6.45, 7) is 5.25. The minimum absolute atomic E-state index is 0.285. The fourth-order valence-corrected chi connectivity index (χ4v) is 4.41. The highest BCUT2D eigenvalue weighted by Crippen LogP contribution is 2.33. The van der Waals surface area contributed by atoms with Gasteiger partial charge in [0, 0.05) is 50.7 Å². The zero-order valence-corrected chi connectivity index (χ0v) is 17.1. The van der Waals surface area contributed by atoms with Crippen LogP contribution in [-0.4, -0.2) is 53.5 Å². The highest BCUT2D eigenvalue weighted by atomic mass is 19.1. The summed E-state index contributed by atoms with van der Waals surface area (Å²) in [5.41, 5.74) is 1.54. The van der Waals surface area contributed by atoms with Gasteiger partial charge in [-0.3, -0.25) is 0 Å². The van der Waals surface area contributed by atoms with Gasteiger partial charge in [-0.2, -0.15) is 4.98 Å². The fraction of sp³-hybridized carbons (Fsp3) is 0.500. The van der Waals surface area contributed by atoms with E-state index in [1.54, 1.807) is 13.0 Å². The molecule has 7 nitrogen and oxygen atoms in total. The molecule has 0 spiro atoms. The van der Waals surface area contributed by atoms with Gasteiger partial charge < -0.3 is 19.5 Å². The SMILES string of the molecule is Cc1nc(-c2cc3cc(F)ccc3nc2N2CCC(NC3CCOCC3)CC2)no1. The zero-order valence-electron chi connectivity index (χ0n) is 17.1. The first-order valence-electron chi connectivity index (χ1n) is 10.7. The van der Waals surface area contributed by atoms with Gasteiger partial charge in [-0.25, -0.2) is 9.37 Å². The number of fused-ring (bicyclic) bond motifs is 1. The van der Waals surface area contributed by atoms with Crippen molar-refractivity contribution in [1.29, 1.82) is 0 Å². The third kappa shape index (κ3) is 4.02. The van der Waals surface area contributed by atoms with E-state index in [1.165, 1.54) is 12.1 Å². The zero-order chi connectivity index (χ0) is 20.5. The molecule has 2 saturated heterocycles. The van der Waals surface area contributed by atoms with Gasteiger partial charge in [0.15, 0.2) is 0 Å². The maximum absolute atomic E-state index is 13.8. The smallest absolute Gasteiger partial charge is 0.223 e. The van der Waals surface area contributed by atoms with Gasteiger partial charge in [-0.1, -0.05) is 5.16 Å². The van der Waals surface area contributed by atoms with Crippen LogP contribution in [0.15, 0.2) is 28.8 Å². The molecule has 2 aliphatic heterocycles. The van der Waals surface area contributed by atoms with Crippen molar-refractivity contribution in [2.45, 2.75) is 44.7 Å². The van der Waals surface area contributed by atoms with Gasteiger partial charge >= 0.3 is 0 Å². The van der Waals surface area contributed by atoms with Gasteiger partial charge in [0.1, 0.15) is 11.6 Å². The second-order valence-corrected chi connectivity index (χ2v) is 8.15. The second-order valence-electron chi connectivity index (χ2n) is 8.15. The summed E-state index contributed by atoms with van der Waals surface area (Å²) >= 11 is 0. The van der Waals surface area contributed by atoms with E-state index in [0.717, 1.165) is 74.3 Å². The number of nitrogens with zero attached hydrogens (tertiary/aromatic N) is 4. The Hall–Kier alpha value is -2.58. The van der Waals surface area contributed by atoms with E-state index in [0.29, 0.717) is 23.8 Å². The lowest BCUT2D eigenvalue weighted by Crippen LogP contribution is -2.48. The largest absolute Gasteiger partial charge is 0.381 e. The molecule has 2 fully saturated rings. The number of benzene rings is 1. The van der Waals surface area contributed by atoms with Gasteiger partial charge in [0.25, 0.3) is 0 Å². The van der Waals surface area contributed by atoms with E-state index in [2.05, 4.69) is 20.4 Å². The molecule has 2 aromatic heterocycles. The first-order valence-corrected chi connectivity index (χ1v) is 10.7. The molecule has 0 unspecified atom stereocenters. The molecule has 0 aliphatic carbocycles. The number of hydrogen-bond acceptors (Lipinski definition) is 7. The summed E-state index contributed by atoms with van der Waals surface area (Å²) in [5, 5.41) is 8.63. The van der Waals surface area contributed by atoms with Crippen LogP contribution in [0.4, 0.5) is 10.2 Å². The molecule has 0 saturated carbocycles. The van der Waals surface area contributed by atoms with Crippen LogP contribution in [0.2, 0.25) is 0 Å². The van der Waals surface area contributed by atoms with Crippen LogP contribution in [0.1, 0.15) is 31.6 Å². The third-order valence-electron chi connectivity index (χ3n) is 6.01. The monoisotopic (exact) mass is 411 g/mol. The number of aryl methyl sites for hydroxylation is 1. The van der Waals surface area contributed by atoms with Crippen molar-refractivity contribution in [3.63, 3.8) is 0 Å². The van der Waals surface area contributed by atoms with Crippen LogP contribution >= 0.6 is 0 Å². The van der Waals surface area contributed by atoms with Crippen molar-refractivity contribution in [1.82, 2.24) is 20.4 Å². The Morgan fingerprint density at radius 1 is 1.03 bits per heavy atom. The van der Waals surface area contributed by atoms with Crippen molar-refractivity contribution in [2.24, 2.45) is 0 Å². The Bertz CT molecular complexity index is 1030. The number of halogens is 1. The summed E-state index contributed by atoms with van der Waals surface area (Å²) in [6.07, 6.45) is 4.27. The molecule has 0 atom stereocenters. The maximum Gasteiger partial charge on any atom is 0.223 e. The lowest BCUT2D eigenvalue weighted by molar-refractivity contribution is 0.0738. The Morgan fingerprint density at radius 3 is 2.53 bits per heavy atom. The first-order chi connectivity index (χ1) is 14.7. The van der Waals surface area contributed by atoms with E-state index in [9.17, 15) is 4.39 Å². The minimum atomic E-state index is -0.285. The lowest BCUT2D eigenvalue weighted by Gasteiger charge is -2.36. The minimum Gasteiger partial charge on any atom is -0.381 e. The molecule has 158 valence electrons. The van der Waals surface area contributed by atoms with E-state index in [-0.39, 0.29) is 5.82 Å². The quantitative estimate of drug-likeness (QED) is 0.704. The predicted molar refractivity (Wildman–Crippen MR) is 112 cm³/mol.